The van der Waals surface area contributed by atoms with Crippen LogP contribution in [0.3, 0.4) is 0 Å². The smallest absolute Gasteiger partial charge is 0.0682 e. The van der Waals surface area contributed by atoms with Crippen LogP contribution in [0, 0.1) is 0 Å². The van der Waals surface area contributed by atoms with Crippen LogP contribution in [0.25, 0.3) is 0 Å². The molecular formula is C15H25NSi. The topological polar surface area (TPSA) is 12.0 Å². The Morgan fingerprint density at radius 3 is 2.41 bits per heavy atom. The molecule has 0 aliphatic heterocycles. The van der Waals surface area contributed by atoms with Gasteiger partial charge in [0.25, 0.3) is 0 Å². The molecular weight excluding hydrogens is 222 g/mol. The molecule has 0 fully saturated rings. The van der Waals surface area contributed by atoms with Gasteiger partial charge in [0, 0.05) is 12.6 Å². The lowest BCUT2D eigenvalue weighted by molar-refractivity contribution is 0.553. The SMILES string of the molecule is C[C@@H](C/C=C\[Si](C)(C)C)NCc1ccccc1. The molecule has 1 aromatic rings. The molecule has 0 bridgehead atoms. The van der Waals surface area contributed by atoms with E-state index < -0.39 is 8.07 Å². The summed E-state index contributed by atoms with van der Waals surface area (Å²) in [6, 6.07) is 11.1. The molecule has 2 heteroatoms. The fourth-order valence-corrected chi connectivity index (χ4v) is 2.44. The van der Waals surface area contributed by atoms with Crippen LogP contribution in [0.5, 0.6) is 0 Å². The highest BCUT2D eigenvalue weighted by Crippen LogP contribution is 2.04. The number of hydrogen-bond donors (Lipinski definition) is 1. The summed E-state index contributed by atoms with van der Waals surface area (Å²) in [5.41, 5.74) is 3.78. The number of hydrogen-bond acceptors (Lipinski definition) is 1. The minimum atomic E-state index is -1.02. The lowest BCUT2D eigenvalue weighted by Gasteiger charge is -2.13. The van der Waals surface area contributed by atoms with E-state index in [0.29, 0.717) is 6.04 Å². The van der Waals surface area contributed by atoms with Crippen LogP contribution in [0.1, 0.15) is 18.9 Å². The van der Waals surface area contributed by atoms with Gasteiger partial charge in [-0.25, -0.2) is 0 Å². The van der Waals surface area contributed by atoms with Gasteiger partial charge in [0.05, 0.1) is 8.07 Å². The third-order valence-electron chi connectivity index (χ3n) is 2.60. The summed E-state index contributed by atoms with van der Waals surface area (Å²) in [6.07, 6.45) is 3.46. The molecule has 1 rings (SSSR count). The summed E-state index contributed by atoms with van der Waals surface area (Å²) in [6.45, 7) is 10.3. The Bertz CT molecular complexity index is 338. The maximum Gasteiger partial charge on any atom is 0.0682 e. The fourth-order valence-electron chi connectivity index (χ4n) is 1.60. The predicted molar refractivity (Wildman–Crippen MR) is 79.8 cm³/mol. The molecule has 1 aromatic carbocycles. The van der Waals surface area contributed by atoms with Gasteiger partial charge in [0.15, 0.2) is 0 Å². The van der Waals surface area contributed by atoms with Crippen LogP contribution in [0.4, 0.5) is 0 Å². The molecule has 0 saturated carbocycles. The molecule has 0 heterocycles. The van der Waals surface area contributed by atoms with Crippen molar-refractivity contribution in [3.8, 4) is 0 Å². The van der Waals surface area contributed by atoms with E-state index in [1.807, 2.05) is 0 Å². The van der Waals surface area contributed by atoms with Crippen molar-refractivity contribution in [3.63, 3.8) is 0 Å². The molecule has 1 atom stereocenters. The lowest BCUT2D eigenvalue weighted by atomic mass is 10.2. The van der Waals surface area contributed by atoms with E-state index in [9.17, 15) is 0 Å². The van der Waals surface area contributed by atoms with Crippen molar-refractivity contribution >= 4 is 8.07 Å². The van der Waals surface area contributed by atoms with E-state index in [1.54, 1.807) is 0 Å². The minimum absolute atomic E-state index is 0.544. The molecule has 0 aliphatic carbocycles. The first kappa shape index (κ1) is 14.2. The van der Waals surface area contributed by atoms with Crippen molar-refractivity contribution in [1.29, 1.82) is 0 Å². The molecule has 1 N–H and O–H groups in total. The largest absolute Gasteiger partial charge is 0.310 e. The monoisotopic (exact) mass is 247 g/mol. The third kappa shape index (κ3) is 7.13. The second-order valence-corrected chi connectivity index (χ2v) is 10.8. The Balaban J connectivity index is 2.26. The van der Waals surface area contributed by atoms with E-state index in [2.05, 4.69) is 74.0 Å². The van der Waals surface area contributed by atoms with Crippen LogP contribution in [0.15, 0.2) is 42.1 Å². The quantitative estimate of drug-likeness (QED) is 0.750. The molecule has 0 aliphatic rings. The highest BCUT2D eigenvalue weighted by molar-refractivity contribution is 6.80. The summed E-state index contributed by atoms with van der Waals surface area (Å²) in [7, 11) is -1.02. The summed E-state index contributed by atoms with van der Waals surface area (Å²) >= 11 is 0. The van der Waals surface area contributed by atoms with E-state index >= 15 is 0 Å². The normalized spacial score (nSPS) is 14.1. The predicted octanol–water partition coefficient (Wildman–Crippen LogP) is 3.99. The Morgan fingerprint density at radius 2 is 1.82 bits per heavy atom. The van der Waals surface area contributed by atoms with Crippen LogP contribution in [-0.2, 0) is 6.54 Å². The third-order valence-corrected chi connectivity index (χ3v) is 3.84. The van der Waals surface area contributed by atoms with Gasteiger partial charge in [-0.3, -0.25) is 0 Å². The van der Waals surface area contributed by atoms with Gasteiger partial charge in [-0.1, -0.05) is 61.7 Å². The van der Waals surface area contributed by atoms with E-state index in [1.165, 1.54) is 5.56 Å². The Labute approximate surface area is 107 Å². The first-order valence-corrected chi connectivity index (χ1v) is 10.00. The van der Waals surface area contributed by atoms with Crippen molar-refractivity contribution in [3.05, 3.63) is 47.7 Å². The molecule has 0 saturated heterocycles. The van der Waals surface area contributed by atoms with Gasteiger partial charge in [-0.15, -0.1) is 0 Å². The zero-order valence-electron chi connectivity index (χ0n) is 11.5. The van der Waals surface area contributed by atoms with Crippen LogP contribution < -0.4 is 5.32 Å². The zero-order valence-corrected chi connectivity index (χ0v) is 12.5. The molecule has 0 radical (unpaired) electrons. The van der Waals surface area contributed by atoms with Gasteiger partial charge in [-0.05, 0) is 18.9 Å². The summed E-state index contributed by atoms with van der Waals surface area (Å²) in [5, 5.41) is 3.55. The Morgan fingerprint density at radius 1 is 1.18 bits per heavy atom. The summed E-state index contributed by atoms with van der Waals surface area (Å²) in [4.78, 5) is 0. The maximum atomic E-state index is 3.55. The molecule has 0 aromatic heterocycles. The molecule has 0 spiro atoms. The van der Waals surface area contributed by atoms with Crippen molar-refractivity contribution < 1.29 is 0 Å². The van der Waals surface area contributed by atoms with E-state index in [0.717, 1.165) is 13.0 Å². The molecule has 0 unspecified atom stereocenters. The standard InChI is InChI=1S/C15H25NSi/c1-14(9-8-12-17(2,3)4)16-13-15-10-6-5-7-11-15/h5-8,10-12,14,16H,9,13H2,1-4H3/b12-8-/t14-/m0/s1. The van der Waals surface area contributed by atoms with Gasteiger partial charge in [0.2, 0.25) is 0 Å². The second kappa shape index (κ2) is 6.77. The number of nitrogens with one attached hydrogen (secondary N) is 1. The van der Waals surface area contributed by atoms with Crippen molar-refractivity contribution in [2.45, 2.75) is 45.6 Å². The zero-order chi connectivity index (χ0) is 12.7. The maximum absolute atomic E-state index is 3.55. The van der Waals surface area contributed by atoms with Crippen molar-refractivity contribution in [1.82, 2.24) is 5.32 Å². The minimum Gasteiger partial charge on any atom is -0.310 e. The van der Waals surface area contributed by atoms with E-state index in [-0.39, 0.29) is 0 Å². The number of rotatable bonds is 6. The summed E-state index contributed by atoms with van der Waals surface area (Å²) < 4.78 is 0. The van der Waals surface area contributed by atoms with Crippen molar-refractivity contribution in [2.75, 3.05) is 0 Å². The molecule has 17 heavy (non-hydrogen) atoms. The van der Waals surface area contributed by atoms with Gasteiger partial charge < -0.3 is 5.32 Å². The molecule has 0 amide bonds. The highest BCUT2D eigenvalue weighted by atomic mass is 28.3. The fraction of sp³-hybridized carbons (Fsp3) is 0.467. The Kier molecular flexibility index (Phi) is 5.66. The van der Waals surface area contributed by atoms with Gasteiger partial charge in [-0.2, -0.15) is 0 Å². The van der Waals surface area contributed by atoms with Crippen molar-refractivity contribution in [2.24, 2.45) is 0 Å². The van der Waals surface area contributed by atoms with Crippen LogP contribution in [0.2, 0.25) is 19.6 Å². The van der Waals surface area contributed by atoms with Gasteiger partial charge >= 0.3 is 0 Å². The van der Waals surface area contributed by atoms with Crippen LogP contribution >= 0.6 is 0 Å². The molecule has 94 valence electrons. The highest BCUT2D eigenvalue weighted by Gasteiger charge is 2.07. The first-order valence-electron chi connectivity index (χ1n) is 6.42. The lowest BCUT2D eigenvalue weighted by Crippen LogP contribution is -2.25. The first-order chi connectivity index (χ1) is 7.97. The second-order valence-electron chi connectivity index (χ2n) is 5.77. The van der Waals surface area contributed by atoms with Gasteiger partial charge in [0.1, 0.15) is 0 Å². The Hall–Kier alpha value is -0.863. The van der Waals surface area contributed by atoms with Crippen LogP contribution in [-0.4, -0.2) is 14.1 Å². The summed E-state index contributed by atoms with van der Waals surface area (Å²) in [5.74, 6) is 0. The average Bonchev–Trinajstić information content (AvgIpc) is 2.26. The van der Waals surface area contributed by atoms with E-state index in [4.69, 9.17) is 0 Å². The molecule has 1 nitrogen and oxygen atoms in total. The number of benzene rings is 1. The average molecular weight is 247 g/mol.